The molecule has 0 spiro atoms. The van der Waals surface area contributed by atoms with Gasteiger partial charge in [0.2, 0.25) is 0 Å². The highest BCUT2D eigenvalue weighted by Crippen LogP contribution is 2.13. The molecule has 1 N–H and O–H groups in total. The summed E-state index contributed by atoms with van der Waals surface area (Å²) in [6.07, 6.45) is 1.64. The van der Waals surface area contributed by atoms with Crippen molar-refractivity contribution >= 4 is 11.8 Å². The predicted octanol–water partition coefficient (Wildman–Crippen LogP) is 0.0188. The van der Waals surface area contributed by atoms with Crippen molar-refractivity contribution in [2.45, 2.75) is 11.2 Å². The Hall–Kier alpha value is -1.06. The summed E-state index contributed by atoms with van der Waals surface area (Å²) in [6, 6.07) is 2.01. The number of nitrogens with one attached hydrogen (secondary N) is 1. The van der Waals surface area contributed by atoms with Gasteiger partial charge in [-0.25, -0.2) is 0 Å². The third-order valence-corrected chi connectivity index (χ3v) is 2.68. The van der Waals surface area contributed by atoms with E-state index < -0.39 is 0 Å². The summed E-state index contributed by atoms with van der Waals surface area (Å²) < 4.78 is 1.83. The quantitative estimate of drug-likeness (QED) is 0.689. The van der Waals surface area contributed by atoms with Crippen LogP contribution in [0.4, 0.5) is 0 Å². The monoisotopic (exact) mass is 197 g/mol. The van der Waals surface area contributed by atoms with Crippen molar-refractivity contribution in [3.63, 3.8) is 0 Å². The van der Waals surface area contributed by atoms with Crippen LogP contribution in [0.5, 0.6) is 0 Å². The highest BCUT2D eigenvalue weighted by atomic mass is 32.2. The van der Waals surface area contributed by atoms with Crippen molar-refractivity contribution in [2.24, 2.45) is 7.05 Å². The molecule has 1 atom stereocenters. The number of aromatic nitrogens is 3. The molecule has 0 fully saturated rings. The number of hydrogen-bond acceptors (Lipinski definition) is 5. The normalized spacial score (nSPS) is 12.4. The number of hydrogen-bond donors (Lipinski definition) is 1. The van der Waals surface area contributed by atoms with Gasteiger partial charge in [-0.15, -0.1) is 10.2 Å². The topological polar surface area (TPSA) is 66.5 Å². The molecule has 0 bridgehead atoms. The fourth-order valence-electron chi connectivity index (χ4n) is 0.746. The van der Waals surface area contributed by atoms with Crippen molar-refractivity contribution in [3.05, 3.63) is 6.33 Å². The van der Waals surface area contributed by atoms with Gasteiger partial charge >= 0.3 is 0 Å². The minimum Gasteiger partial charge on any atom is -0.312 e. The Balaban J connectivity index is 2.44. The van der Waals surface area contributed by atoms with Crippen LogP contribution in [-0.4, -0.2) is 33.6 Å². The molecule has 0 aromatic carbocycles. The van der Waals surface area contributed by atoms with Gasteiger partial charge in [-0.05, 0) is 7.05 Å². The zero-order valence-electron chi connectivity index (χ0n) is 7.56. The third kappa shape index (κ3) is 2.72. The highest BCUT2D eigenvalue weighted by Gasteiger charge is 2.07. The zero-order chi connectivity index (χ0) is 9.68. The molecular weight excluding hydrogens is 186 g/mol. The van der Waals surface area contributed by atoms with Gasteiger partial charge < -0.3 is 9.88 Å². The minimum absolute atomic E-state index is 0.137. The van der Waals surface area contributed by atoms with Crippen LogP contribution >= 0.6 is 11.8 Å². The number of nitriles is 1. The summed E-state index contributed by atoms with van der Waals surface area (Å²) in [6.45, 7) is 0. The molecule has 1 aromatic heterocycles. The van der Waals surface area contributed by atoms with E-state index in [-0.39, 0.29) is 6.04 Å². The van der Waals surface area contributed by atoms with Gasteiger partial charge in [0, 0.05) is 12.8 Å². The molecule has 0 aliphatic heterocycles. The van der Waals surface area contributed by atoms with E-state index in [1.807, 2.05) is 11.6 Å². The third-order valence-electron chi connectivity index (χ3n) is 1.55. The van der Waals surface area contributed by atoms with Gasteiger partial charge in [0.15, 0.2) is 5.16 Å². The van der Waals surface area contributed by atoms with E-state index in [4.69, 9.17) is 5.26 Å². The summed E-state index contributed by atoms with van der Waals surface area (Å²) in [5.74, 6) is 0.680. The van der Waals surface area contributed by atoms with Gasteiger partial charge in [-0.2, -0.15) is 5.26 Å². The van der Waals surface area contributed by atoms with Crippen LogP contribution in [0.25, 0.3) is 0 Å². The van der Waals surface area contributed by atoms with E-state index in [2.05, 4.69) is 21.6 Å². The molecule has 0 aliphatic rings. The molecule has 0 radical (unpaired) electrons. The number of nitrogens with zero attached hydrogens (tertiary/aromatic N) is 4. The zero-order valence-corrected chi connectivity index (χ0v) is 8.38. The molecule has 70 valence electrons. The lowest BCUT2D eigenvalue weighted by Gasteiger charge is -2.05. The molecular formula is C7H11N5S. The first-order valence-corrected chi connectivity index (χ1v) is 4.80. The Morgan fingerprint density at radius 3 is 3.08 bits per heavy atom. The minimum atomic E-state index is -0.137. The smallest absolute Gasteiger partial charge is 0.190 e. The molecule has 0 aliphatic carbocycles. The average Bonchev–Trinajstić information content (AvgIpc) is 2.54. The molecule has 5 nitrogen and oxygen atoms in total. The second-order valence-electron chi connectivity index (χ2n) is 2.51. The lowest BCUT2D eigenvalue weighted by atomic mass is 10.4. The van der Waals surface area contributed by atoms with Crippen molar-refractivity contribution in [1.82, 2.24) is 20.1 Å². The summed E-state index contributed by atoms with van der Waals surface area (Å²) in [4.78, 5) is 0. The van der Waals surface area contributed by atoms with Crippen LogP contribution in [0.3, 0.4) is 0 Å². The Kier molecular flexibility index (Phi) is 3.73. The Bertz CT molecular complexity index is 302. The van der Waals surface area contributed by atoms with Gasteiger partial charge in [0.1, 0.15) is 12.4 Å². The maximum absolute atomic E-state index is 8.66. The van der Waals surface area contributed by atoms with E-state index in [1.165, 1.54) is 11.8 Å². The maximum Gasteiger partial charge on any atom is 0.190 e. The molecule has 1 unspecified atom stereocenters. The van der Waals surface area contributed by atoms with E-state index >= 15 is 0 Å². The first-order chi connectivity index (χ1) is 6.27. The molecule has 1 heterocycles. The van der Waals surface area contributed by atoms with Crippen molar-refractivity contribution in [3.8, 4) is 6.07 Å². The number of thioether (sulfide) groups is 1. The van der Waals surface area contributed by atoms with Crippen LogP contribution < -0.4 is 5.32 Å². The molecule has 0 saturated heterocycles. The van der Waals surface area contributed by atoms with Crippen LogP contribution in [0.1, 0.15) is 0 Å². The fourth-order valence-corrected chi connectivity index (χ4v) is 1.66. The summed E-state index contributed by atoms with van der Waals surface area (Å²) in [5.41, 5.74) is 0. The van der Waals surface area contributed by atoms with E-state index in [0.717, 1.165) is 5.16 Å². The van der Waals surface area contributed by atoms with E-state index in [0.29, 0.717) is 5.75 Å². The first kappa shape index (κ1) is 10.0. The predicted molar refractivity (Wildman–Crippen MR) is 50.2 cm³/mol. The lowest BCUT2D eigenvalue weighted by Crippen LogP contribution is -2.25. The number of aryl methyl sites for hydroxylation is 1. The van der Waals surface area contributed by atoms with Crippen LogP contribution in [0, 0.1) is 11.3 Å². The van der Waals surface area contributed by atoms with Crippen molar-refractivity contribution < 1.29 is 0 Å². The van der Waals surface area contributed by atoms with Crippen LogP contribution in [0.15, 0.2) is 11.5 Å². The Labute approximate surface area is 81.1 Å². The van der Waals surface area contributed by atoms with Crippen LogP contribution in [0.2, 0.25) is 0 Å². The summed E-state index contributed by atoms with van der Waals surface area (Å²) >= 11 is 1.52. The SMILES string of the molecule is CNC(C#N)CSc1nncn1C. The maximum atomic E-state index is 8.66. The van der Waals surface area contributed by atoms with Gasteiger partial charge in [-0.3, -0.25) is 0 Å². The molecule has 1 rings (SSSR count). The van der Waals surface area contributed by atoms with Crippen LogP contribution in [-0.2, 0) is 7.05 Å². The summed E-state index contributed by atoms with van der Waals surface area (Å²) in [7, 11) is 3.65. The first-order valence-electron chi connectivity index (χ1n) is 3.81. The number of rotatable bonds is 4. The fraction of sp³-hybridized carbons (Fsp3) is 0.571. The summed E-state index contributed by atoms with van der Waals surface area (Å²) in [5, 5.41) is 20.0. The standard InChI is InChI=1S/C7H11N5S/c1-9-6(3-8)4-13-7-11-10-5-12(7)2/h5-6,9H,4H2,1-2H3. The average molecular weight is 197 g/mol. The van der Waals surface area contributed by atoms with Gasteiger partial charge in [-0.1, -0.05) is 11.8 Å². The molecule has 1 aromatic rings. The Morgan fingerprint density at radius 1 is 1.85 bits per heavy atom. The highest BCUT2D eigenvalue weighted by molar-refractivity contribution is 7.99. The second-order valence-corrected chi connectivity index (χ2v) is 3.49. The molecule has 0 amide bonds. The molecule has 6 heteroatoms. The van der Waals surface area contributed by atoms with E-state index in [9.17, 15) is 0 Å². The van der Waals surface area contributed by atoms with Crippen molar-refractivity contribution in [1.29, 1.82) is 5.26 Å². The Morgan fingerprint density at radius 2 is 2.62 bits per heavy atom. The largest absolute Gasteiger partial charge is 0.312 e. The van der Waals surface area contributed by atoms with Gasteiger partial charge in [0.25, 0.3) is 0 Å². The molecule has 13 heavy (non-hydrogen) atoms. The van der Waals surface area contributed by atoms with E-state index in [1.54, 1.807) is 13.4 Å². The van der Waals surface area contributed by atoms with Crippen molar-refractivity contribution in [2.75, 3.05) is 12.8 Å². The lowest BCUT2D eigenvalue weighted by molar-refractivity contribution is 0.741. The van der Waals surface area contributed by atoms with Gasteiger partial charge in [0.05, 0.1) is 6.07 Å². The second kappa shape index (κ2) is 4.84. The molecule has 0 saturated carbocycles.